The number of aromatic nitrogens is 6. The number of carbonyl (C=O) groups excluding carboxylic acids is 1. The average Bonchev–Trinajstić information content (AvgIpc) is 3.52. The standard InChI is InChI=1S/C27H26F3N7O2/c1-16(26(38)34-15-27(28,29)30)37-22(9-6-10-39-2)35-21-14-33-24(36-25(21)37)20-13-32-23-19(20)11-18(12-31-23)17-7-4-3-5-8-17/h3-5,7-8,11-14,16H,6,9-10,15H2,1-2H3,(H,31,32)(H,34,38). The molecule has 0 spiro atoms. The van der Waals surface area contributed by atoms with Crippen molar-refractivity contribution in [2.45, 2.75) is 32.0 Å². The van der Waals surface area contributed by atoms with Gasteiger partial charge in [0.15, 0.2) is 11.5 Å². The predicted octanol–water partition coefficient (Wildman–Crippen LogP) is 4.86. The Labute approximate surface area is 221 Å². The molecule has 1 aromatic carbocycles. The van der Waals surface area contributed by atoms with E-state index in [0.717, 1.165) is 16.5 Å². The van der Waals surface area contributed by atoms with Gasteiger partial charge in [0, 0.05) is 49.0 Å². The highest BCUT2D eigenvalue weighted by atomic mass is 19.4. The Balaban J connectivity index is 1.57. The van der Waals surface area contributed by atoms with Gasteiger partial charge in [-0.15, -0.1) is 0 Å². The maximum atomic E-state index is 12.8. The van der Waals surface area contributed by atoms with E-state index in [1.807, 2.05) is 41.7 Å². The number of H-pyrrole nitrogens is 1. The van der Waals surface area contributed by atoms with Crippen LogP contribution in [0.1, 0.15) is 25.2 Å². The molecule has 5 aromatic rings. The van der Waals surface area contributed by atoms with Gasteiger partial charge in [0.1, 0.15) is 29.6 Å². The third-order valence-corrected chi connectivity index (χ3v) is 6.36. The van der Waals surface area contributed by atoms with Crippen LogP contribution < -0.4 is 5.32 Å². The first-order chi connectivity index (χ1) is 18.7. The summed E-state index contributed by atoms with van der Waals surface area (Å²) in [5.74, 6) is 0.0898. The molecule has 4 aromatic heterocycles. The number of halogens is 3. The number of hydrogen-bond acceptors (Lipinski definition) is 6. The fraction of sp³-hybridized carbons (Fsp3) is 0.296. The molecule has 1 amide bonds. The maximum absolute atomic E-state index is 12.8. The van der Waals surface area contributed by atoms with Crippen molar-refractivity contribution in [2.75, 3.05) is 20.3 Å². The summed E-state index contributed by atoms with van der Waals surface area (Å²) >= 11 is 0. The molecular formula is C27H26F3N7O2. The quantitative estimate of drug-likeness (QED) is 0.260. The Morgan fingerprint density at radius 1 is 1.13 bits per heavy atom. The van der Waals surface area contributed by atoms with Crippen LogP contribution in [0.3, 0.4) is 0 Å². The van der Waals surface area contributed by atoms with Crippen LogP contribution in [-0.2, 0) is 16.0 Å². The van der Waals surface area contributed by atoms with Gasteiger partial charge in [-0.05, 0) is 25.0 Å². The van der Waals surface area contributed by atoms with Crippen LogP contribution in [0.5, 0.6) is 0 Å². The Morgan fingerprint density at radius 3 is 2.67 bits per heavy atom. The third kappa shape index (κ3) is 5.60. The van der Waals surface area contributed by atoms with Gasteiger partial charge in [-0.3, -0.25) is 4.79 Å². The molecule has 0 aliphatic rings. The summed E-state index contributed by atoms with van der Waals surface area (Å²) < 4.78 is 45.0. The van der Waals surface area contributed by atoms with E-state index in [0.29, 0.717) is 53.5 Å². The number of amides is 1. The second kappa shape index (κ2) is 10.8. The zero-order valence-corrected chi connectivity index (χ0v) is 21.3. The molecule has 0 fully saturated rings. The lowest BCUT2D eigenvalue weighted by Gasteiger charge is -2.18. The van der Waals surface area contributed by atoms with Crippen LogP contribution in [-0.4, -0.2) is 61.8 Å². The second-order valence-corrected chi connectivity index (χ2v) is 9.09. The number of imidazole rings is 1. The lowest BCUT2D eigenvalue weighted by Crippen LogP contribution is -2.38. The van der Waals surface area contributed by atoms with Gasteiger partial charge in [0.05, 0.1) is 6.20 Å². The highest BCUT2D eigenvalue weighted by Gasteiger charge is 2.30. The Hall–Kier alpha value is -4.32. The highest BCUT2D eigenvalue weighted by Crippen LogP contribution is 2.31. The molecule has 1 atom stereocenters. The molecular weight excluding hydrogens is 511 g/mol. The zero-order valence-electron chi connectivity index (χ0n) is 21.3. The van der Waals surface area contributed by atoms with Crippen molar-refractivity contribution in [1.29, 1.82) is 0 Å². The fourth-order valence-corrected chi connectivity index (χ4v) is 4.45. The van der Waals surface area contributed by atoms with Crippen molar-refractivity contribution < 1.29 is 22.7 Å². The van der Waals surface area contributed by atoms with Gasteiger partial charge in [-0.2, -0.15) is 13.2 Å². The number of fused-ring (bicyclic) bond motifs is 2. The summed E-state index contributed by atoms with van der Waals surface area (Å²) in [5, 5.41) is 2.77. The van der Waals surface area contributed by atoms with Gasteiger partial charge in [-0.25, -0.2) is 19.9 Å². The number of methoxy groups -OCH3 is 1. The highest BCUT2D eigenvalue weighted by molar-refractivity contribution is 5.95. The summed E-state index contributed by atoms with van der Waals surface area (Å²) in [7, 11) is 1.58. The van der Waals surface area contributed by atoms with Gasteiger partial charge in [-0.1, -0.05) is 30.3 Å². The number of nitrogens with one attached hydrogen (secondary N) is 2. The molecule has 39 heavy (non-hydrogen) atoms. The summed E-state index contributed by atoms with van der Waals surface area (Å²) in [6.45, 7) is 0.561. The molecule has 5 rings (SSSR count). The summed E-state index contributed by atoms with van der Waals surface area (Å²) in [6.07, 6.45) is 1.62. The second-order valence-electron chi connectivity index (χ2n) is 9.09. The van der Waals surface area contributed by atoms with Crippen LogP contribution in [0.2, 0.25) is 0 Å². The lowest BCUT2D eigenvalue weighted by atomic mass is 10.1. The van der Waals surface area contributed by atoms with Crippen LogP contribution >= 0.6 is 0 Å². The fourth-order valence-electron chi connectivity index (χ4n) is 4.45. The van der Waals surface area contributed by atoms with Crippen LogP contribution in [0.4, 0.5) is 13.2 Å². The molecule has 0 aliphatic heterocycles. The van der Waals surface area contributed by atoms with E-state index >= 15 is 0 Å². The van der Waals surface area contributed by atoms with Crippen molar-refractivity contribution >= 4 is 28.1 Å². The van der Waals surface area contributed by atoms with E-state index in [4.69, 9.17) is 9.72 Å². The van der Waals surface area contributed by atoms with Crippen molar-refractivity contribution in [2.24, 2.45) is 0 Å². The Kier molecular flexibility index (Phi) is 7.29. The van der Waals surface area contributed by atoms with Crippen LogP contribution in [0, 0.1) is 0 Å². The summed E-state index contributed by atoms with van der Waals surface area (Å²) in [4.78, 5) is 34.3. The minimum absolute atomic E-state index is 0.351. The van der Waals surface area contributed by atoms with Crippen molar-refractivity contribution in [3.8, 4) is 22.5 Å². The normalized spacial score (nSPS) is 12.7. The zero-order chi connectivity index (χ0) is 27.6. The minimum atomic E-state index is -4.52. The predicted molar refractivity (Wildman–Crippen MR) is 140 cm³/mol. The van der Waals surface area contributed by atoms with Gasteiger partial charge in [0.2, 0.25) is 5.91 Å². The minimum Gasteiger partial charge on any atom is -0.385 e. The number of pyridine rings is 1. The molecule has 2 N–H and O–H groups in total. The smallest absolute Gasteiger partial charge is 0.385 e. The lowest BCUT2D eigenvalue weighted by molar-refractivity contribution is -0.140. The van der Waals surface area contributed by atoms with Gasteiger partial charge >= 0.3 is 6.18 Å². The van der Waals surface area contributed by atoms with E-state index in [1.54, 1.807) is 30.3 Å². The Morgan fingerprint density at radius 2 is 1.92 bits per heavy atom. The number of rotatable bonds is 9. The number of hydrogen-bond donors (Lipinski definition) is 2. The molecule has 202 valence electrons. The average molecular weight is 538 g/mol. The molecule has 0 aliphatic carbocycles. The number of aromatic amines is 1. The van der Waals surface area contributed by atoms with Crippen LogP contribution in [0.25, 0.3) is 44.7 Å². The number of ether oxygens (including phenoxy) is 1. The van der Waals surface area contributed by atoms with Crippen molar-refractivity contribution in [1.82, 2.24) is 34.8 Å². The summed E-state index contributed by atoms with van der Waals surface area (Å²) in [5.41, 5.74) is 4.06. The first-order valence-electron chi connectivity index (χ1n) is 12.4. The largest absolute Gasteiger partial charge is 0.405 e. The van der Waals surface area contributed by atoms with E-state index in [-0.39, 0.29) is 0 Å². The molecule has 0 saturated carbocycles. The molecule has 1 unspecified atom stereocenters. The number of alkyl halides is 3. The first kappa shape index (κ1) is 26.3. The SMILES string of the molecule is COCCCc1nc2cnc(-c3c[nH]c4ncc(-c5ccccc5)cc34)nc2n1C(C)C(=O)NCC(F)(F)F. The van der Waals surface area contributed by atoms with Crippen molar-refractivity contribution in [3.05, 3.63) is 60.8 Å². The topological polar surface area (TPSA) is 111 Å². The number of aryl methyl sites for hydroxylation is 1. The van der Waals surface area contributed by atoms with Gasteiger partial charge < -0.3 is 19.6 Å². The van der Waals surface area contributed by atoms with Gasteiger partial charge in [0.25, 0.3) is 0 Å². The van der Waals surface area contributed by atoms with E-state index in [1.165, 1.54) is 6.92 Å². The van der Waals surface area contributed by atoms with Crippen molar-refractivity contribution in [3.63, 3.8) is 0 Å². The maximum Gasteiger partial charge on any atom is 0.405 e. The molecule has 0 radical (unpaired) electrons. The number of nitrogens with zero attached hydrogens (tertiary/aromatic N) is 5. The first-order valence-corrected chi connectivity index (χ1v) is 12.4. The molecule has 4 heterocycles. The summed E-state index contributed by atoms with van der Waals surface area (Å²) in [6, 6.07) is 10.8. The number of carbonyl (C=O) groups is 1. The molecule has 0 bridgehead atoms. The van der Waals surface area contributed by atoms with Crippen LogP contribution in [0.15, 0.2) is 55.0 Å². The third-order valence-electron chi connectivity index (χ3n) is 6.36. The Bertz CT molecular complexity index is 1610. The molecule has 9 nitrogen and oxygen atoms in total. The van der Waals surface area contributed by atoms with E-state index < -0.39 is 24.7 Å². The molecule has 0 saturated heterocycles. The number of benzene rings is 1. The van der Waals surface area contributed by atoms with E-state index in [9.17, 15) is 18.0 Å². The monoisotopic (exact) mass is 537 g/mol. The molecule has 12 heteroatoms. The van der Waals surface area contributed by atoms with E-state index in [2.05, 4.69) is 19.9 Å².